The lowest BCUT2D eigenvalue weighted by atomic mass is 9.80. The second-order valence-corrected chi connectivity index (χ2v) is 5.75. The third-order valence-electron chi connectivity index (χ3n) is 4.10. The molecule has 0 saturated heterocycles. The van der Waals surface area contributed by atoms with Crippen molar-refractivity contribution < 1.29 is 5.11 Å². The van der Waals surface area contributed by atoms with E-state index in [0.29, 0.717) is 5.92 Å². The SMILES string of the molecule is Cc1cccnc1CN(C)c1cc(C2CC(O)C2)ncn1. The first-order valence-electron chi connectivity index (χ1n) is 7.25. The Morgan fingerprint density at radius 2 is 2.10 bits per heavy atom. The van der Waals surface area contributed by atoms with Gasteiger partial charge < -0.3 is 10.0 Å². The standard InChI is InChI=1S/C16H20N4O/c1-11-4-3-5-17-15(11)9-20(2)16-8-14(18-10-19-16)12-6-13(21)7-12/h3-5,8,10,12-13,21H,6-7,9H2,1-2H3. The van der Waals surface area contributed by atoms with Crippen LogP contribution in [0.5, 0.6) is 0 Å². The van der Waals surface area contributed by atoms with E-state index < -0.39 is 0 Å². The molecule has 2 aromatic heterocycles. The zero-order valence-corrected chi connectivity index (χ0v) is 12.4. The van der Waals surface area contributed by atoms with E-state index in [1.54, 1.807) is 6.33 Å². The molecule has 1 aliphatic carbocycles. The number of hydrogen-bond acceptors (Lipinski definition) is 5. The molecule has 110 valence electrons. The van der Waals surface area contributed by atoms with Gasteiger partial charge in [0.1, 0.15) is 12.1 Å². The van der Waals surface area contributed by atoms with Crippen LogP contribution >= 0.6 is 0 Å². The maximum Gasteiger partial charge on any atom is 0.132 e. The molecule has 0 bridgehead atoms. The number of aliphatic hydroxyl groups excluding tert-OH is 1. The van der Waals surface area contributed by atoms with Crippen LogP contribution in [0.25, 0.3) is 0 Å². The highest BCUT2D eigenvalue weighted by molar-refractivity contribution is 5.40. The summed E-state index contributed by atoms with van der Waals surface area (Å²) in [5.74, 6) is 1.26. The first-order valence-corrected chi connectivity index (χ1v) is 7.25. The Bertz CT molecular complexity index is 625. The fraction of sp³-hybridized carbons (Fsp3) is 0.438. The summed E-state index contributed by atoms with van der Waals surface area (Å²) < 4.78 is 0. The molecule has 0 radical (unpaired) electrons. The van der Waals surface area contributed by atoms with Crippen LogP contribution in [0.3, 0.4) is 0 Å². The van der Waals surface area contributed by atoms with Crippen molar-refractivity contribution in [1.29, 1.82) is 0 Å². The molecule has 5 heteroatoms. The fourth-order valence-corrected chi connectivity index (χ4v) is 2.61. The van der Waals surface area contributed by atoms with Crippen LogP contribution < -0.4 is 4.90 Å². The molecule has 0 aliphatic heterocycles. The molecular formula is C16H20N4O. The van der Waals surface area contributed by atoms with Crippen molar-refractivity contribution in [3.63, 3.8) is 0 Å². The van der Waals surface area contributed by atoms with E-state index in [0.717, 1.165) is 36.6 Å². The third-order valence-corrected chi connectivity index (χ3v) is 4.10. The second kappa shape index (κ2) is 5.77. The highest BCUT2D eigenvalue weighted by Crippen LogP contribution is 2.36. The quantitative estimate of drug-likeness (QED) is 0.931. The van der Waals surface area contributed by atoms with Crippen molar-refractivity contribution in [2.75, 3.05) is 11.9 Å². The lowest BCUT2D eigenvalue weighted by Gasteiger charge is -2.31. The molecule has 0 atom stereocenters. The molecule has 2 aromatic rings. The van der Waals surface area contributed by atoms with Gasteiger partial charge in [0.2, 0.25) is 0 Å². The van der Waals surface area contributed by atoms with E-state index in [9.17, 15) is 5.11 Å². The fourth-order valence-electron chi connectivity index (χ4n) is 2.61. The van der Waals surface area contributed by atoms with Gasteiger partial charge in [0.05, 0.1) is 18.3 Å². The lowest BCUT2D eigenvalue weighted by molar-refractivity contribution is 0.0732. The Kier molecular flexibility index (Phi) is 3.84. The number of rotatable bonds is 4. The molecule has 3 rings (SSSR count). The van der Waals surface area contributed by atoms with Gasteiger partial charge in [-0.05, 0) is 31.4 Å². The monoisotopic (exact) mass is 284 g/mol. The van der Waals surface area contributed by atoms with Crippen molar-refractivity contribution >= 4 is 5.82 Å². The predicted molar refractivity (Wildman–Crippen MR) is 81.1 cm³/mol. The van der Waals surface area contributed by atoms with Crippen molar-refractivity contribution in [3.8, 4) is 0 Å². The van der Waals surface area contributed by atoms with E-state index in [1.165, 1.54) is 5.56 Å². The van der Waals surface area contributed by atoms with Crippen molar-refractivity contribution in [2.24, 2.45) is 0 Å². The Morgan fingerprint density at radius 3 is 2.81 bits per heavy atom. The Hall–Kier alpha value is -2.01. The van der Waals surface area contributed by atoms with Crippen LogP contribution in [0.4, 0.5) is 5.82 Å². The van der Waals surface area contributed by atoms with Gasteiger partial charge in [0.15, 0.2) is 0 Å². The number of aromatic nitrogens is 3. The van der Waals surface area contributed by atoms with Gasteiger partial charge in [-0.1, -0.05) is 6.07 Å². The number of aliphatic hydroxyl groups is 1. The minimum atomic E-state index is -0.165. The highest BCUT2D eigenvalue weighted by Gasteiger charge is 2.29. The minimum absolute atomic E-state index is 0.165. The van der Waals surface area contributed by atoms with Crippen molar-refractivity contribution in [2.45, 2.75) is 38.3 Å². The Balaban J connectivity index is 1.74. The van der Waals surface area contributed by atoms with Crippen molar-refractivity contribution in [1.82, 2.24) is 15.0 Å². The van der Waals surface area contributed by atoms with Crippen LogP contribution in [0.15, 0.2) is 30.7 Å². The molecule has 21 heavy (non-hydrogen) atoms. The smallest absolute Gasteiger partial charge is 0.132 e. The molecule has 1 aliphatic rings. The van der Waals surface area contributed by atoms with E-state index >= 15 is 0 Å². The van der Waals surface area contributed by atoms with Gasteiger partial charge in [0, 0.05) is 30.9 Å². The number of aryl methyl sites for hydroxylation is 1. The zero-order chi connectivity index (χ0) is 14.8. The van der Waals surface area contributed by atoms with Crippen LogP contribution in [-0.4, -0.2) is 33.2 Å². The summed E-state index contributed by atoms with van der Waals surface area (Å²) in [5.41, 5.74) is 3.26. The summed E-state index contributed by atoms with van der Waals surface area (Å²) in [5, 5.41) is 9.42. The van der Waals surface area contributed by atoms with Crippen LogP contribution in [0, 0.1) is 6.92 Å². The van der Waals surface area contributed by atoms with Gasteiger partial charge in [0.25, 0.3) is 0 Å². The molecule has 1 saturated carbocycles. The van der Waals surface area contributed by atoms with E-state index in [-0.39, 0.29) is 6.10 Å². The maximum absolute atomic E-state index is 9.42. The molecule has 5 nitrogen and oxygen atoms in total. The molecule has 0 unspecified atom stereocenters. The first-order chi connectivity index (χ1) is 10.1. The van der Waals surface area contributed by atoms with Gasteiger partial charge in [-0.15, -0.1) is 0 Å². The number of nitrogens with zero attached hydrogens (tertiary/aromatic N) is 4. The topological polar surface area (TPSA) is 62.1 Å². The van der Waals surface area contributed by atoms with E-state index in [1.807, 2.05) is 25.4 Å². The predicted octanol–water partition coefficient (Wildman–Crippen LogP) is 2.05. The molecule has 0 spiro atoms. The average molecular weight is 284 g/mol. The van der Waals surface area contributed by atoms with Gasteiger partial charge in [-0.3, -0.25) is 4.98 Å². The van der Waals surface area contributed by atoms with Crippen LogP contribution in [0.2, 0.25) is 0 Å². The zero-order valence-electron chi connectivity index (χ0n) is 12.4. The molecule has 1 N–H and O–H groups in total. The summed E-state index contributed by atoms with van der Waals surface area (Å²) in [6, 6.07) is 6.04. The van der Waals surface area contributed by atoms with Gasteiger partial charge >= 0.3 is 0 Å². The van der Waals surface area contributed by atoms with E-state index in [2.05, 4.69) is 32.8 Å². The first kappa shape index (κ1) is 13.9. The number of pyridine rings is 1. The average Bonchev–Trinajstić information content (AvgIpc) is 2.46. The summed E-state index contributed by atoms with van der Waals surface area (Å²) in [4.78, 5) is 15.2. The van der Waals surface area contributed by atoms with Gasteiger partial charge in [-0.2, -0.15) is 0 Å². The third kappa shape index (κ3) is 3.03. The van der Waals surface area contributed by atoms with Crippen LogP contribution in [-0.2, 0) is 6.54 Å². The molecule has 0 amide bonds. The highest BCUT2D eigenvalue weighted by atomic mass is 16.3. The number of anilines is 1. The summed E-state index contributed by atoms with van der Waals surface area (Å²) in [6.45, 7) is 2.79. The lowest BCUT2D eigenvalue weighted by Crippen LogP contribution is -2.27. The maximum atomic E-state index is 9.42. The molecule has 2 heterocycles. The summed E-state index contributed by atoms with van der Waals surface area (Å²) >= 11 is 0. The normalized spacial score (nSPS) is 20.9. The molecular weight excluding hydrogens is 264 g/mol. The summed E-state index contributed by atoms with van der Waals surface area (Å²) in [6.07, 6.45) is 4.87. The molecule has 0 aromatic carbocycles. The largest absolute Gasteiger partial charge is 0.393 e. The Morgan fingerprint density at radius 1 is 1.29 bits per heavy atom. The van der Waals surface area contributed by atoms with Gasteiger partial charge in [-0.25, -0.2) is 9.97 Å². The van der Waals surface area contributed by atoms with E-state index in [4.69, 9.17) is 0 Å². The minimum Gasteiger partial charge on any atom is -0.393 e. The van der Waals surface area contributed by atoms with Crippen molar-refractivity contribution in [3.05, 3.63) is 47.7 Å². The molecule has 1 fully saturated rings. The van der Waals surface area contributed by atoms with Crippen LogP contribution in [0.1, 0.15) is 35.7 Å². The second-order valence-electron chi connectivity index (χ2n) is 5.75. The number of hydrogen-bond donors (Lipinski definition) is 1. The summed E-state index contributed by atoms with van der Waals surface area (Å²) in [7, 11) is 2.01. The Labute approximate surface area is 124 Å².